The van der Waals surface area contributed by atoms with E-state index >= 15 is 0 Å². The molecule has 0 saturated carbocycles. The predicted octanol–water partition coefficient (Wildman–Crippen LogP) is 11.3. The van der Waals surface area contributed by atoms with Crippen LogP contribution in [0.1, 0.15) is 123 Å². The van der Waals surface area contributed by atoms with Gasteiger partial charge in [-0.2, -0.15) is 0 Å². The molecule has 0 aromatic heterocycles. The van der Waals surface area contributed by atoms with Gasteiger partial charge in [-0.25, -0.2) is 0 Å². The van der Waals surface area contributed by atoms with Crippen molar-refractivity contribution in [3.63, 3.8) is 0 Å². The van der Waals surface area contributed by atoms with E-state index in [0.717, 1.165) is 19.3 Å². The Hall–Kier alpha value is -2.89. The number of hydrogen-bond donors (Lipinski definition) is 0. The molecule has 0 bridgehead atoms. The van der Waals surface area contributed by atoms with Crippen LogP contribution in [0, 0.1) is 10.8 Å². The topological polar surface area (TPSA) is 0 Å². The van der Waals surface area contributed by atoms with Crippen molar-refractivity contribution in [1.82, 2.24) is 0 Å². The summed E-state index contributed by atoms with van der Waals surface area (Å²) in [6, 6.07) is 26.0. The zero-order chi connectivity index (χ0) is 35.4. The first kappa shape index (κ1) is 37.4. The number of benzene rings is 3. The van der Waals surface area contributed by atoms with Crippen molar-refractivity contribution in [1.29, 1.82) is 0 Å². The molecule has 3 aromatic carbocycles. The fraction of sp³-hybridized carbons (Fsp3) is 0.396. The first-order valence-corrected chi connectivity index (χ1v) is 19.9. The van der Waals surface area contributed by atoms with Gasteiger partial charge in [-0.1, -0.05) is 140 Å². The summed E-state index contributed by atoms with van der Waals surface area (Å²) in [5.41, 5.74) is 13.5. The standard InChI is InChI=1S/C35H47.C13H10.Zr/c1-10-15-25-20-28(33(4,5)6)21-26-22-30-29(31(25)26)23-27(16-11-2)35(19-12-3,34(7,8)9)32(30)24-17-13-14-18-24;1-3-7-12(8-4-1)11-13-9-5-2-6-10-13;/h13-14,17,20-21,23H,10-12,15-16,18-19H2,1-9H3;1-10H;/q-1;;. The second kappa shape index (κ2) is 15.6. The third-order valence-electron chi connectivity index (χ3n) is 10.6. The fourth-order valence-corrected chi connectivity index (χ4v) is 9.07. The molecule has 49 heavy (non-hydrogen) atoms. The van der Waals surface area contributed by atoms with E-state index in [1.165, 1.54) is 103 Å². The Labute approximate surface area is 312 Å². The molecule has 0 radical (unpaired) electrons. The van der Waals surface area contributed by atoms with Gasteiger partial charge in [0.2, 0.25) is 0 Å². The summed E-state index contributed by atoms with van der Waals surface area (Å²) in [6.45, 7) is 21.5. The van der Waals surface area contributed by atoms with Crippen LogP contribution in [-0.2, 0) is 36.1 Å². The second-order valence-electron chi connectivity index (χ2n) is 16.1. The third kappa shape index (κ3) is 7.59. The number of aryl methyl sites for hydroxylation is 1. The maximum absolute atomic E-state index is 4.05. The van der Waals surface area contributed by atoms with Crippen LogP contribution in [0.15, 0.2) is 119 Å². The van der Waals surface area contributed by atoms with E-state index in [9.17, 15) is 0 Å². The van der Waals surface area contributed by atoms with E-state index in [1.807, 2.05) is 0 Å². The molecule has 0 aliphatic heterocycles. The van der Waals surface area contributed by atoms with Crippen molar-refractivity contribution < 1.29 is 24.2 Å². The zero-order valence-electron chi connectivity index (χ0n) is 31.7. The van der Waals surface area contributed by atoms with Gasteiger partial charge in [-0.15, -0.1) is 33.7 Å². The third-order valence-corrected chi connectivity index (χ3v) is 12.0. The summed E-state index contributed by atoms with van der Waals surface area (Å²) in [4.78, 5) is 0. The van der Waals surface area contributed by atoms with Crippen molar-refractivity contribution in [2.75, 3.05) is 0 Å². The molecular weight excluding hydrogens is 668 g/mol. The molecule has 1 atom stereocenters. The summed E-state index contributed by atoms with van der Waals surface area (Å²) in [7, 11) is 0. The number of hydrogen-bond acceptors (Lipinski definition) is 0. The van der Waals surface area contributed by atoms with Crippen LogP contribution in [0.3, 0.4) is 0 Å². The Morgan fingerprint density at radius 1 is 0.796 bits per heavy atom. The fourth-order valence-electron chi connectivity index (χ4n) is 8.25. The number of allylic oxidation sites excluding steroid dienone is 8. The minimum absolute atomic E-state index is 0.0429. The van der Waals surface area contributed by atoms with Crippen LogP contribution in [-0.4, -0.2) is 3.21 Å². The summed E-state index contributed by atoms with van der Waals surface area (Å²) in [6.07, 6.45) is 21.7. The van der Waals surface area contributed by atoms with Crippen molar-refractivity contribution >= 4 is 14.9 Å². The van der Waals surface area contributed by atoms with Crippen LogP contribution in [0.4, 0.5) is 0 Å². The monoisotopic (exact) mass is 723 g/mol. The van der Waals surface area contributed by atoms with Crippen LogP contribution in [0.5, 0.6) is 0 Å². The molecule has 1 heteroatoms. The van der Waals surface area contributed by atoms with Gasteiger partial charge in [0.05, 0.1) is 0 Å². The first-order valence-electron chi connectivity index (χ1n) is 18.7. The van der Waals surface area contributed by atoms with Crippen LogP contribution in [0.25, 0.3) is 11.6 Å². The van der Waals surface area contributed by atoms with Gasteiger partial charge in [0.25, 0.3) is 0 Å². The van der Waals surface area contributed by atoms with Gasteiger partial charge in [-0.3, -0.25) is 0 Å². The van der Waals surface area contributed by atoms with Crippen LogP contribution >= 0.6 is 0 Å². The first-order chi connectivity index (χ1) is 23.4. The molecule has 3 aliphatic rings. The summed E-state index contributed by atoms with van der Waals surface area (Å²) < 4.78 is 1.42. The molecule has 6 rings (SSSR count). The number of fused-ring (bicyclic) bond motifs is 2. The molecule has 0 fully saturated rings. The van der Waals surface area contributed by atoms with Crippen molar-refractivity contribution in [2.45, 2.75) is 113 Å². The summed E-state index contributed by atoms with van der Waals surface area (Å²) >= 11 is 1.46. The van der Waals surface area contributed by atoms with Crippen molar-refractivity contribution in [2.24, 2.45) is 10.8 Å². The molecule has 3 aliphatic carbocycles. The Kier molecular flexibility index (Phi) is 11.9. The van der Waals surface area contributed by atoms with E-state index in [2.05, 4.69) is 165 Å². The average molecular weight is 725 g/mol. The number of rotatable bonds is 9. The minimum atomic E-state index is 0.0429. The summed E-state index contributed by atoms with van der Waals surface area (Å²) in [5.74, 6) is 0. The van der Waals surface area contributed by atoms with Gasteiger partial charge < -0.3 is 0 Å². The Morgan fingerprint density at radius 3 is 1.90 bits per heavy atom. The molecule has 1 unspecified atom stereocenters. The van der Waals surface area contributed by atoms with Crippen molar-refractivity contribution in [3.05, 3.63) is 152 Å². The summed E-state index contributed by atoms with van der Waals surface area (Å²) in [5, 5.41) is 2.79. The predicted molar refractivity (Wildman–Crippen MR) is 210 cm³/mol. The quantitative estimate of drug-likeness (QED) is 0.193. The second-order valence-corrected chi connectivity index (χ2v) is 17.3. The Bertz CT molecular complexity index is 1870. The molecule has 0 saturated heterocycles. The van der Waals surface area contributed by atoms with E-state index in [1.54, 1.807) is 11.1 Å². The molecule has 0 spiro atoms. The molecule has 3 aromatic rings. The Morgan fingerprint density at radius 2 is 1.41 bits per heavy atom. The molecule has 0 amide bonds. The SMILES string of the molecule is CCCC1=CC2=c3c(CCC)cc(C(C)(C)C)cc3=[C-]C2=C(C2=CC=CC2)C1(CCC)C(C)(C)C.[Zr]=[C](c1ccccc1)c1ccccc1. The normalized spacial score (nSPS) is 18.2. The van der Waals surface area contributed by atoms with Crippen LogP contribution < -0.4 is 10.4 Å². The van der Waals surface area contributed by atoms with E-state index in [0.29, 0.717) is 0 Å². The van der Waals surface area contributed by atoms with Gasteiger partial charge in [-0.05, 0) is 41.9 Å². The molecule has 254 valence electrons. The molecule has 0 N–H and O–H groups in total. The van der Waals surface area contributed by atoms with Gasteiger partial charge in [0.15, 0.2) is 0 Å². The Balaban J connectivity index is 0.000000278. The average Bonchev–Trinajstić information content (AvgIpc) is 3.73. The van der Waals surface area contributed by atoms with E-state index < -0.39 is 0 Å². The van der Waals surface area contributed by atoms with Gasteiger partial charge in [0.1, 0.15) is 0 Å². The van der Waals surface area contributed by atoms with E-state index in [-0.39, 0.29) is 16.2 Å². The van der Waals surface area contributed by atoms with Crippen molar-refractivity contribution in [3.8, 4) is 0 Å². The van der Waals surface area contributed by atoms with Gasteiger partial charge in [0, 0.05) is 0 Å². The van der Waals surface area contributed by atoms with E-state index in [4.69, 9.17) is 0 Å². The molecule has 0 nitrogen and oxygen atoms in total. The maximum atomic E-state index is 4.05. The molecular formula is C48H57Zr-. The van der Waals surface area contributed by atoms with Gasteiger partial charge >= 0.3 is 99.2 Å². The zero-order valence-corrected chi connectivity index (χ0v) is 34.1. The molecule has 0 heterocycles. The van der Waals surface area contributed by atoms with Crippen LogP contribution in [0.2, 0.25) is 0 Å².